The summed E-state index contributed by atoms with van der Waals surface area (Å²) in [7, 11) is 2.08. The van der Waals surface area contributed by atoms with Crippen LogP contribution in [0.2, 0.25) is 0 Å². The summed E-state index contributed by atoms with van der Waals surface area (Å²) < 4.78 is 0. The first-order chi connectivity index (χ1) is 18.0. The van der Waals surface area contributed by atoms with E-state index in [9.17, 15) is 4.79 Å². The van der Waals surface area contributed by atoms with Crippen LogP contribution < -0.4 is 4.90 Å². The molecule has 200 valence electrons. The average Bonchev–Trinajstić information content (AvgIpc) is 3.31. The van der Waals surface area contributed by atoms with Crippen molar-refractivity contribution < 1.29 is 4.79 Å². The highest BCUT2D eigenvalue weighted by molar-refractivity contribution is 5.99. The number of hydrogen-bond acceptors (Lipinski definition) is 4. The average molecular weight is 503 g/mol. The quantitative estimate of drug-likeness (QED) is 0.423. The maximum atomic E-state index is 13.2. The Morgan fingerprint density at radius 2 is 1.70 bits per heavy atom. The van der Waals surface area contributed by atoms with E-state index in [1.807, 2.05) is 56.9 Å². The fourth-order valence-corrected chi connectivity index (χ4v) is 4.38. The summed E-state index contributed by atoms with van der Waals surface area (Å²) in [5.41, 5.74) is 4.64. The first-order valence-corrected chi connectivity index (χ1v) is 13.6. The number of benzene rings is 2. The minimum Gasteiger partial charge on any atom is -0.358 e. The van der Waals surface area contributed by atoms with Crippen molar-refractivity contribution in [3.05, 3.63) is 90.0 Å². The lowest BCUT2D eigenvalue weighted by Gasteiger charge is -2.24. The van der Waals surface area contributed by atoms with E-state index < -0.39 is 0 Å². The van der Waals surface area contributed by atoms with Crippen LogP contribution in [0, 0.1) is 5.92 Å². The van der Waals surface area contributed by atoms with Crippen molar-refractivity contribution in [2.45, 2.75) is 47.6 Å². The number of para-hydroxylation sites is 1. The highest BCUT2D eigenvalue weighted by Gasteiger charge is 2.26. The predicted molar refractivity (Wildman–Crippen MR) is 159 cm³/mol. The van der Waals surface area contributed by atoms with Crippen LogP contribution in [0.25, 0.3) is 0 Å². The van der Waals surface area contributed by atoms with E-state index in [0.717, 1.165) is 49.7 Å². The summed E-state index contributed by atoms with van der Waals surface area (Å²) in [6, 6.07) is 16.9. The maximum absolute atomic E-state index is 13.2. The molecule has 0 aliphatic carbocycles. The molecule has 4 rings (SSSR count). The van der Waals surface area contributed by atoms with E-state index in [4.69, 9.17) is 0 Å². The second-order valence-electron chi connectivity index (χ2n) is 9.30. The number of rotatable bonds is 7. The molecule has 0 bridgehead atoms. The minimum absolute atomic E-state index is 0.166. The number of anilines is 1. The molecular weight excluding hydrogens is 456 g/mol. The molecule has 2 aliphatic rings. The normalized spacial score (nSPS) is 16.2. The molecule has 0 aromatic heterocycles. The van der Waals surface area contributed by atoms with Crippen molar-refractivity contribution in [3.63, 3.8) is 0 Å². The standard InChI is InChI=1S/C26H32N4O.C4H8.C2H6/c1-4-20(2)17-29-18-23-7-5-6-8-24(23)30(25(31)19-29)15-13-21-9-11-22(12-10-21)26-27-14-16-28(26)3;1-3-4-2;1-2/h4-12,20H,1,13-19H2,2-3H3;3-4H,1-2H3;1-2H3/b;4-3+;. The Balaban J connectivity index is 0.000000733. The zero-order chi connectivity index (χ0) is 27.2. The molecule has 37 heavy (non-hydrogen) atoms. The van der Waals surface area contributed by atoms with Crippen molar-refractivity contribution in [2.24, 2.45) is 10.9 Å². The van der Waals surface area contributed by atoms with Crippen LogP contribution in [0.4, 0.5) is 5.69 Å². The van der Waals surface area contributed by atoms with Gasteiger partial charge in [-0.05, 0) is 43.4 Å². The molecule has 0 saturated heterocycles. The second-order valence-corrected chi connectivity index (χ2v) is 9.30. The molecule has 2 aromatic rings. The third-order valence-corrected chi connectivity index (χ3v) is 6.51. The number of amides is 1. The zero-order valence-electron chi connectivity index (χ0n) is 23.8. The predicted octanol–water partition coefficient (Wildman–Crippen LogP) is 6.20. The summed E-state index contributed by atoms with van der Waals surface area (Å²) in [6.07, 6.45) is 6.78. The second kappa shape index (κ2) is 15.8. The van der Waals surface area contributed by atoms with Crippen molar-refractivity contribution in [1.29, 1.82) is 0 Å². The number of hydrogen-bond donors (Lipinski definition) is 0. The van der Waals surface area contributed by atoms with Gasteiger partial charge in [-0.3, -0.25) is 14.7 Å². The van der Waals surface area contributed by atoms with Gasteiger partial charge in [-0.2, -0.15) is 0 Å². The zero-order valence-corrected chi connectivity index (χ0v) is 23.8. The van der Waals surface area contributed by atoms with E-state index in [0.29, 0.717) is 19.0 Å². The first-order valence-electron chi connectivity index (χ1n) is 13.6. The number of carbonyl (C=O) groups excluding carboxylic acids is 1. The van der Waals surface area contributed by atoms with Gasteiger partial charge in [0.1, 0.15) is 5.84 Å². The third-order valence-electron chi connectivity index (χ3n) is 6.51. The fourth-order valence-electron chi connectivity index (χ4n) is 4.38. The fraction of sp³-hybridized carbons (Fsp3) is 0.438. The number of amidine groups is 1. The molecule has 2 aromatic carbocycles. The summed E-state index contributed by atoms with van der Waals surface area (Å²) in [6.45, 7) is 18.6. The van der Waals surface area contributed by atoms with Gasteiger partial charge in [0.25, 0.3) is 0 Å². The Morgan fingerprint density at radius 3 is 2.30 bits per heavy atom. The van der Waals surface area contributed by atoms with Gasteiger partial charge in [0.05, 0.1) is 13.1 Å². The van der Waals surface area contributed by atoms with Gasteiger partial charge >= 0.3 is 0 Å². The van der Waals surface area contributed by atoms with Gasteiger partial charge in [0, 0.05) is 44.5 Å². The van der Waals surface area contributed by atoms with Gasteiger partial charge < -0.3 is 9.80 Å². The first kappa shape index (κ1) is 30.0. The number of likely N-dealkylation sites (N-methyl/N-ethyl adjacent to an activating group) is 1. The lowest BCUT2D eigenvalue weighted by molar-refractivity contribution is -0.119. The number of allylic oxidation sites excluding steroid dienone is 2. The number of nitrogens with zero attached hydrogens (tertiary/aromatic N) is 4. The molecule has 2 aliphatic heterocycles. The summed E-state index contributed by atoms with van der Waals surface area (Å²) in [5.74, 6) is 1.59. The van der Waals surface area contributed by atoms with Crippen molar-refractivity contribution in [3.8, 4) is 0 Å². The van der Waals surface area contributed by atoms with Crippen molar-refractivity contribution >= 4 is 17.4 Å². The molecule has 1 amide bonds. The lowest BCUT2D eigenvalue weighted by atomic mass is 10.1. The van der Waals surface area contributed by atoms with E-state index in [-0.39, 0.29) is 5.91 Å². The number of aliphatic imine (C=N–C) groups is 1. The molecule has 0 saturated carbocycles. The maximum Gasteiger partial charge on any atom is 0.241 e. The van der Waals surface area contributed by atoms with Crippen LogP contribution in [-0.4, -0.2) is 61.3 Å². The Kier molecular flexibility index (Phi) is 12.9. The number of fused-ring (bicyclic) bond motifs is 1. The molecule has 0 N–H and O–H groups in total. The lowest BCUT2D eigenvalue weighted by Crippen LogP contribution is -2.39. The third kappa shape index (κ3) is 8.71. The van der Waals surface area contributed by atoms with Crippen LogP contribution in [0.3, 0.4) is 0 Å². The number of carbonyl (C=O) groups is 1. The van der Waals surface area contributed by atoms with E-state index in [1.165, 1.54) is 11.1 Å². The minimum atomic E-state index is 0.166. The highest BCUT2D eigenvalue weighted by Crippen LogP contribution is 2.26. The van der Waals surface area contributed by atoms with Crippen molar-refractivity contribution in [2.75, 3.05) is 44.7 Å². The molecule has 5 heteroatoms. The van der Waals surface area contributed by atoms with Gasteiger partial charge in [-0.15, -0.1) is 6.58 Å². The van der Waals surface area contributed by atoms with Crippen LogP contribution in [0.15, 0.2) is 78.3 Å². The van der Waals surface area contributed by atoms with Gasteiger partial charge in [-0.1, -0.05) is 81.5 Å². The van der Waals surface area contributed by atoms with Gasteiger partial charge in [-0.25, -0.2) is 0 Å². The largest absolute Gasteiger partial charge is 0.358 e. The van der Waals surface area contributed by atoms with Gasteiger partial charge in [0.2, 0.25) is 5.91 Å². The Morgan fingerprint density at radius 1 is 1.03 bits per heavy atom. The molecule has 0 spiro atoms. The highest BCUT2D eigenvalue weighted by atomic mass is 16.2. The van der Waals surface area contributed by atoms with E-state index >= 15 is 0 Å². The molecular formula is C32H46N4O. The SMILES string of the molecule is C/C=C/C.C=CC(C)CN1CC(=O)N(CCc2ccc(C3=NCCN3C)cc2)c2ccccc2C1.CC. The van der Waals surface area contributed by atoms with Gasteiger partial charge in [0.15, 0.2) is 0 Å². The molecule has 1 unspecified atom stereocenters. The van der Waals surface area contributed by atoms with Crippen LogP contribution >= 0.6 is 0 Å². The molecule has 2 heterocycles. The van der Waals surface area contributed by atoms with Crippen LogP contribution in [-0.2, 0) is 17.8 Å². The monoisotopic (exact) mass is 502 g/mol. The summed E-state index contributed by atoms with van der Waals surface area (Å²) in [4.78, 5) is 24.2. The van der Waals surface area contributed by atoms with E-state index in [1.54, 1.807) is 0 Å². The smallest absolute Gasteiger partial charge is 0.241 e. The van der Waals surface area contributed by atoms with Crippen molar-refractivity contribution in [1.82, 2.24) is 9.80 Å². The topological polar surface area (TPSA) is 39.2 Å². The molecule has 0 fully saturated rings. The Labute approximate surface area is 225 Å². The van der Waals surface area contributed by atoms with E-state index in [2.05, 4.69) is 77.8 Å². The molecule has 5 nitrogen and oxygen atoms in total. The van der Waals surface area contributed by atoms with Crippen LogP contribution in [0.5, 0.6) is 0 Å². The Bertz CT molecular complexity index is 1040. The Hall–Kier alpha value is -3.18. The molecule has 0 radical (unpaired) electrons. The van der Waals surface area contributed by atoms with Crippen LogP contribution in [0.1, 0.15) is 51.3 Å². The summed E-state index contributed by atoms with van der Waals surface area (Å²) >= 11 is 0. The molecule has 1 atom stereocenters. The summed E-state index contributed by atoms with van der Waals surface area (Å²) in [5, 5.41) is 0.